The monoisotopic (exact) mass is 357 g/mol. The Morgan fingerprint density at radius 3 is 2.92 bits per heavy atom. The van der Waals surface area contributed by atoms with Gasteiger partial charge in [0, 0.05) is 24.1 Å². The molecule has 0 saturated carbocycles. The molecule has 0 amide bonds. The van der Waals surface area contributed by atoms with Crippen molar-refractivity contribution in [3.8, 4) is 5.75 Å². The number of imidazole rings is 1. The molecule has 0 unspecified atom stereocenters. The molecule has 3 aromatic rings. The number of hydrogen-bond acceptors (Lipinski definition) is 5. The van der Waals surface area contributed by atoms with E-state index < -0.39 is 0 Å². The molecule has 25 heavy (non-hydrogen) atoms. The van der Waals surface area contributed by atoms with Gasteiger partial charge in [0.2, 0.25) is 0 Å². The van der Waals surface area contributed by atoms with Crippen LogP contribution in [0.3, 0.4) is 0 Å². The molecule has 1 N–H and O–H groups in total. The molecule has 3 heterocycles. The first-order valence-corrected chi connectivity index (χ1v) is 8.86. The zero-order valence-corrected chi connectivity index (χ0v) is 15.1. The Hall–Kier alpha value is -2.34. The van der Waals surface area contributed by atoms with Crippen LogP contribution in [0.2, 0.25) is 5.02 Å². The van der Waals surface area contributed by atoms with Crippen molar-refractivity contribution < 1.29 is 4.74 Å². The Bertz CT molecular complexity index is 937. The van der Waals surface area contributed by atoms with Crippen molar-refractivity contribution in [3.05, 3.63) is 34.9 Å². The second kappa shape index (κ2) is 6.52. The van der Waals surface area contributed by atoms with E-state index >= 15 is 0 Å². The summed E-state index contributed by atoms with van der Waals surface area (Å²) in [5.41, 5.74) is 3.47. The summed E-state index contributed by atoms with van der Waals surface area (Å²) >= 11 is 6.20. The lowest BCUT2D eigenvalue weighted by Crippen LogP contribution is -2.02. The molecule has 0 aliphatic carbocycles. The van der Waals surface area contributed by atoms with E-state index in [-0.39, 0.29) is 0 Å². The van der Waals surface area contributed by atoms with E-state index in [4.69, 9.17) is 21.3 Å². The predicted molar refractivity (Wildman–Crippen MR) is 98.9 cm³/mol. The SMILES string of the molecule is COc1cc(Cl)c(C)cc1Nc1ncnc2c1nc1n2CCCCC1. The fourth-order valence-corrected chi connectivity index (χ4v) is 3.44. The number of hydrogen-bond donors (Lipinski definition) is 1. The summed E-state index contributed by atoms with van der Waals surface area (Å²) in [6.45, 7) is 2.92. The van der Waals surface area contributed by atoms with Crippen molar-refractivity contribution in [2.75, 3.05) is 12.4 Å². The molecule has 130 valence electrons. The number of fused-ring (bicyclic) bond motifs is 3. The molecule has 0 atom stereocenters. The van der Waals surface area contributed by atoms with Crippen LogP contribution in [-0.4, -0.2) is 26.6 Å². The van der Waals surface area contributed by atoms with Gasteiger partial charge in [0.1, 0.15) is 17.9 Å². The Morgan fingerprint density at radius 1 is 1.20 bits per heavy atom. The first-order valence-electron chi connectivity index (χ1n) is 8.48. The number of aryl methyl sites for hydroxylation is 3. The molecule has 2 aromatic heterocycles. The Labute approximate surface area is 151 Å². The van der Waals surface area contributed by atoms with E-state index in [9.17, 15) is 0 Å². The Kier molecular flexibility index (Phi) is 4.21. The largest absolute Gasteiger partial charge is 0.495 e. The number of nitrogens with one attached hydrogen (secondary N) is 1. The highest BCUT2D eigenvalue weighted by molar-refractivity contribution is 6.31. The van der Waals surface area contributed by atoms with Gasteiger partial charge in [-0.05, 0) is 31.4 Å². The Balaban J connectivity index is 1.79. The van der Waals surface area contributed by atoms with Gasteiger partial charge in [0.25, 0.3) is 0 Å². The van der Waals surface area contributed by atoms with Crippen molar-refractivity contribution in [2.24, 2.45) is 0 Å². The average Bonchev–Trinajstić information content (AvgIpc) is 2.81. The van der Waals surface area contributed by atoms with Gasteiger partial charge in [-0.3, -0.25) is 0 Å². The molecule has 0 saturated heterocycles. The maximum absolute atomic E-state index is 6.20. The van der Waals surface area contributed by atoms with E-state index in [0.29, 0.717) is 16.6 Å². The van der Waals surface area contributed by atoms with E-state index in [2.05, 4.69) is 19.9 Å². The van der Waals surface area contributed by atoms with Crippen molar-refractivity contribution in [1.29, 1.82) is 0 Å². The maximum atomic E-state index is 6.20. The number of halogens is 1. The van der Waals surface area contributed by atoms with Gasteiger partial charge in [-0.1, -0.05) is 18.0 Å². The van der Waals surface area contributed by atoms with Crippen LogP contribution < -0.4 is 10.1 Å². The second-order valence-electron chi connectivity index (χ2n) is 6.31. The second-order valence-corrected chi connectivity index (χ2v) is 6.72. The summed E-state index contributed by atoms with van der Waals surface area (Å²) in [5, 5.41) is 4.02. The van der Waals surface area contributed by atoms with Crippen LogP contribution in [0.25, 0.3) is 11.2 Å². The molecular weight excluding hydrogens is 338 g/mol. The topological polar surface area (TPSA) is 64.9 Å². The number of nitrogens with zero attached hydrogens (tertiary/aromatic N) is 4. The number of rotatable bonds is 3. The number of methoxy groups -OCH3 is 1. The lowest BCUT2D eigenvalue weighted by atomic mass is 10.2. The average molecular weight is 358 g/mol. The van der Waals surface area contributed by atoms with Crippen molar-refractivity contribution in [1.82, 2.24) is 19.5 Å². The molecule has 0 bridgehead atoms. The first kappa shape index (κ1) is 16.1. The van der Waals surface area contributed by atoms with Crippen LogP contribution >= 0.6 is 11.6 Å². The molecule has 0 fully saturated rings. The van der Waals surface area contributed by atoms with Gasteiger partial charge in [-0.15, -0.1) is 0 Å². The van der Waals surface area contributed by atoms with E-state index in [1.54, 1.807) is 19.5 Å². The van der Waals surface area contributed by atoms with Crippen molar-refractivity contribution in [2.45, 2.75) is 39.2 Å². The fourth-order valence-electron chi connectivity index (χ4n) is 3.29. The third kappa shape index (κ3) is 2.91. The molecule has 1 aliphatic rings. The number of ether oxygens (including phenoxy) is 1. The summed E-state index contributed by atoms with van der Waals surface area (Å²) in [4.78, 5) is 13.7. The minimum atomic E-state index is 0.670. The normalized spacial score (nSPS) is 14.2. The van der Waals surface area contributed by atoms with E-state index in [0.717, 1.165) is 47.6 Å². The highest BCUT2D eigenvalue weighted by atomic mass is 35.5. The maximum Gasteiger partial charge on any atom is 0.165 e. The summed E-state index contributed by atoms with van der Waals surface area (Å²) in [7, 11) is 1.63. The highest BCUT2D eigenvalue weighted by Gasteiger charge is 2.18. The summed E-state index contributed by atoms with van der Waals surface area (Å²) in [5.74, 6) is 2.45. The van der Waals surface area contributed by atoms with Gasteiger partial charge in [-0.2, -0.15) is 0 Å². The van der Waals surface area contributed by atoms with E-state index in [1.165, 1.54) is 12.8 Å². The molecule has 1 aliphatic heterocycles. The van der Waals surface area contributed by atoms with Crippen LogP contribution in [0, 0.1) is 6.92 Å². The third-order valence-electron chi connectivity index (χ3n) is 4.63. The molecule has 7 heteroatoms. The smallest absolute Gasteiger partial charge is 0.165 e. The van der Waals surface area contributed by atoms with Gasteiger partial charge in [0.15, 0.2) is 17.0 Å². The van der Waals surface area contributed by atoms with Crippen LogP contribution in [0.1, 0.15) is 30.7 Å². The Morgan fingerprint density at radius 2 is 2.08 bits per heavy atom. The minimum Gasteiger partial charge on any atom is -0.495 e. The third-order valence-corrected chi connectivity index (χ3v) is 5.03. The molecule has 4 rings (SSSR count). The molecule has 1 aromatic carbocycles. The van der Waals surface area contributed by atoms with Gasteiger partial charge < -0.3 is 14.6 Å². The van der Waals surface area contributed by atoms with Crippen molar-refractivity contribution >= 4 is 34.3 Å². The standard InChI is InChI=1S/C18H20ClN5O/c1-11-8-13(14(25-2)9-12(11)19)22-17-16-18(21-10-20-17)24-7-5-3-4-6-15(24)23-16/h8-10H,3-7H2,1-2H3,(H,20,21,22). The van der Waals surface area contributed by atoms with Crippen LogP contribution in [0.15, 0.2) is 18.5 Å². The quantitative estimate of drug-likeness (QED) is 0.758. The fraction of sp³-hybridized carbons (Fsp3) is 0.389. The van der Waals surface area contributed by atoms with Crippen LogP contribution in [-0.2, 0) is 13.0 Å². The van der Waals surface area contributed by atoms with Gasteiger partial charge in [0.05, 0.1) is 12.8 Å². The summed E-state index contributed by atoms with van der Waals surface area (Å²) in [6.07, 6.45) is 6.14. The minimum absolute atomic E-state index is 0.670. The number of anilines is 2. The van der Waals surface area contributed by atoms with Crippen LogP contribution in [0.4, 0.5) is 11.5 Å². The molecule has 0 spiro atoms. The molecule has 0 radical (unpaired) electrons. The zero-order valence-electron chi connectivity index (χ0n) is 14.3. The number of aromatic nitrogens is 4. The van der Waals surface area contributed by atoms with Crippen molar-refractivity contribution in [3.63, 3.8) is 0 Å². The lowest BCUT2D eigenvalue weighted by molar-refractivity contribution is 0.416. The highest BCUT2D eigenvalue weighted by Crippen LogP contribution is 2.34. The summed E-state index contributed by atoms with van der Waals surface area (Å²) in [6, 6.07) is 3.76. The first-order chi connectivity index (χ1) is 12.2. The molecule has 6 nitrogen and oxygen atoms in total. The lowest BCUT2D eigenvalue weighted by Gasteiger charge is -2.12. The van der Waals surface area contributed by atoms with Crippen LogP contribution in [0.5, 0.6) is 5.75 Å². The zero-order chi connectivity index (χ0) is 17.4. The van der Waals surface area contributed by atoms with Gasteiger partial charge >= 0.3 is 0 Å². The van der Waals surface area contributed by atoms with Gasteiger partial charge in [-0.25, -0.2) is 15.0 Å². The predicted octanol–water partition coefficient (Wildman–Crippen LogP) is 4.27. The summed E-state index contributed by atoms with van der Waals surface area (Å²) < 4.78 is 7.67. The molecular formula is C18H20ClN5O. The van der Waals surface area contributed by atoms with E-state index in [1.807, 2.05) is 13.0 Å². The number of benzene rings is 1.